The molecule has 0 radical (unpaired) electrons. The van der Waals surface area contributed by atoms with Gasteiger partial charge in [-0.1, -0.05) is 40.5 Å². The Labute approximate surface area is 127 Å². The first-order chi connectivity index (χ1) is 8.98. The minimum absolute atomic E-state index is 0.509. The Bertz CT molecular complexity index is 503. The van der Waals surface area contributed by atoms with E-state index >= 15 is 0 Å². The van der Waals surface area contributed by atoms with Crippen LogP contribution < -0.4 is 0 Å². The van der Waals surface area contributed by atoms with E-state index in [4.69, 9.17) is 11.6 Å². The van der Waals surface area contributed by atoms with E-state index in [0.29, 0.717) is 16.5 Å². The lowest BCUT2D eigenvalue weighted by molar-refractivity contribution is 0.0267. The summed E-state index contributed by atoms with van der Waals surface area (Å²) >= 11 is 9.54. The molecule has 4 heteroatoms. The molecule has 1 aromatic carbocycles. The maximum atomic E-state index is 10.6. The number of rotatable bonds is 2. The van der Waals surface area contributed by atoms with Crippen molar-refractivity contribution in [1.82, 2.24) is 0 Å². The number of aliphatic hydroxyl groups is 1. The molecule has 0 amide bonds. The van der Waals surface area contributed by atoms with E-state index < -0.39 is 11.5 Å². The Morgan fingerprint density at radius 2 is 2.11 bits per heavy atom. The first kappa shape index (κ1) is 14.8. The van der Waals surface area contributed by atoms with Gasteiger partial charge in [-0.2, -0.15) is 5.26 Å². The van der Waals surface area contributed by atoms with Crippen LogP contribution in [0.25, 0.3) is 0 Å². The van der Waals surface area contributed by atoms with E-state index in [-0.39, 0.29) is 0 Å². The summed E-state index contributed by atoms with van der Waals surface area (Å²) < 4.78 is 0.872. The first-order valence-corrected chi connectivity index (χ1v) is 7.70. The van der Waals surface area contributed by atoms with Gasteiger partial charge in [-0.3, -0.25) is 0 Å². The number of hydrogen-bond acceptors (Lipinski definition) is 2. The molecule has 1 N–H and O–H groups in total. The number of hydrogen-bond donors (Lipinski definition) is 1. The molecule has 1 saturated carbocycles. The van der Waals surface area contributed by atoms with Gasteiger partial charge in [0.2, 0.25) is 0 Å². The van der Waals surface area contributed by atoms with Gasteiger partial charge in [0.05, 0.1) is 17.6 Å². The van der Waals surface area contributed by atoms with Crippen LogP contribution in [0.4, 0.5) is 0 Å². The van der Waals surface area contributed by atoms with Crippen molar-refractivity contribution in [2.75, 3.05) is 0 Å². The predicted octanol–water partition coefficient (Wildman–Crippen LogP) is 4.86. The summed E-state index contributed by atoms with van der Waals surface area (Å²) in [6.45, 7) is 2.19. The zero-order valence-electron chi connectivity index (χ0n) is 10.9. The molecule has 1 fully saturated rings. The van der Waals surface area contributed by atoms with Crippen LogP contribution >= 0.6 is 27.5 Å². The smallest absolute Gasteiger partial charge is 0.0990 e. The molecular weight excluding hydrogens is 326 g/mol. The average molecular weight is 343 g/mol. The summed E-state index contributed by atoms with van der Waals surface area (Å²) in [4.78, 5) is 0. The molecule has 0 saturated heterocycles. The average Bonchev–Trinajstić information content (AvgIpc) is 2.39. The quantitative estimate of drug-likeness (QED) is 0.834. The van der Waals surface area contributed by atoms with Crippen molar-refractivity contribution in [1.29, 1.82) is 5.26 Å². The van der Waals surface area contributed by atoms with E-state index in [1.54, 1.807) is 12.1 Å². The monoisotopic (exact) mass is 341 g/mol. The van der Waals surface area contributed by atoms with Crippen LogP contribution in [-0.2, 0) is 0 Å². The number of benzene rings is 1. The van der Waals surface area contributed by atoms with Gasteiger partial charge in [-0.15, -0.1) is 0 Å². The molecule has 1 aliphatic rings. The minimum Gasteiger partial charge on any atom is -0.387 e. The predicted molar refractivity (Wildman–Crippen MR) is 79.8 cm³/mol. The molecule has 0 spiro atoms. The van der Waals surface area contributed by atoms with Gasteiger partial charge in [-0.25, -0.2) is 0 Å². The van der Waals surface area contributed by atoms with E-state index in [9.17, 15) is 10.4 Å². The molecule has 19 heavy (non-hydrogen) atoms. The highest BCUT2D eigenvalue weighted by molar-refractivity contribution is 9.10. The number of halogens is 2. The van der Waals surface area contributed by atoms with Gasteiger partial charge in [0, 0.05) is 15.1 Å². The fourth-order valence-electron chi connectivity index (χ4n) is 2.74. The molecular formula is C15H17BrClNO. The van der Waals surface area contributed by atoms with Crippen LogP contribution in [-0.4, -0.2) is 5.11 Å². The highest BCUT2D eigenvalue weighted by Crippen LogP contribution is 2.48. The number of nitriles is 1. The lowest BCUT2D eigenvalue weighted by Crippen LogP contribution is -2.32. The standard InChI is InChI=1S/C15H17BrClNO/c1-10-4-6-15(9-18,7-5-10)14(19)12-3-2-11(16)8-13(12)17/h2-3,8,10,14,19H,4-7H2,1H3. The van der Waals surface area contributed by atoms with Crippen LogP contribution in [0.1, 0.15) is 44.3 Å². The van der Waals surface area contributed by atoms with Gasteiger partial charge in [0.1, 0.15) is 0 Å². The largest absolute Gasteiger partial charge is 0.387 e. The summed E-state index contributed by atoms with van der Waals surface area (Å²) in [5.41, 5.74) is -0.0368. The minimum atomic E-state index is -0.814. The highest BCUT2D eigenvalue weighted by Gasteiger charge is 2.42. The third-order valence-electron chi connectivity index (χ3n) is 4.17. The fourth-order valence-corrected chi connectivity index (χ4v) is 3.52. The maximum absolute atomic E-state index is 10.6. The zero-order valence-corrected chi connectivity index (χ0v) is 13.2. The van der Waals surface area contributed by atoms with Gasteiger partial charge >= 0.3 is 0 Å². The Balaban J connectivity index is 2.31. The van der Waals surface area contributed by atoms with Crippen molar-refractivity contribution in [3.63, 3.8) is 0 Å². The Kier molecular flexibility index (Phi) is 4.55. The SMILES string of the molecule is CC1CCC(C#N)(C(O)c2ccc(Br)cc2Cl)CC1. The number of aliphatic hydroxyl groups excluding tert-OH is 1. The third-order valence-corrected chi connectivity index (χ3v) is 4.99. The Morgan fingerprint density at radius 3 is 2.63 bits per heavy atom. The molecule has 0 heterocycles. The molecule has 2 rings (SSSR count). The summed E-state index contributed by atoms with van der Waals surface area (Å²) in [7, 11) is 0. The van der Waals surface area contributed by atoms with Crippen LogP contribution in [0.5, 0.6) is 0 Å². The summed E-state index contributed by atoms with van der Waals surface area (Å²) in [5.74, 6) is 0.633. The van der Waals surface area contributed by atoms with Gasteiger partial charge < -0.3 is 5.11 Å². The zero-order chi connectivity index (χ0) is 14.0. The summed E-state index contributed by atoms with van der Waals surface area (Å²) in [6, 6.07) is 7.77. The van der Waals surface area contributed by atoms with Crippen LogP contribution in [0.15, 0.2) is 22.7 Å². The van der Waals surface area contributed by atoms with Gasteiger partial charge in [0.15, 0.2) is 0 Å². The van der Waals surface area contributed by atoms with E-state index in [0.717, 1.165) is 30.2 Å². The van der Waals surface area contributed by atoms with Crippen LogP contribution in [0.2, 0.25) is 5.02 Å². The Hall–Kier alpha value is -0.560. The van der Waals surface area contributed by atoms with Gasteiger partial charge in [0.25, 0.3) is 0 Å². The molecule has 2 nitrogen and oxygen atoms in total. The van der Waals surface area contributed by atoms with E-state index in [1.807, 2.05) is 6.07 Å². The fraction of sp³-hybridized carbons (Fsp3) is 0.533. The molecule has 1 aliphatic carbocycles. The molecule has 0 aliphatic heterocycles. The van der Waals surface area contributed by atoms with Crippen molar-refractivity contribution < 1.29 is 5.11 Å². The molecule has 1 aromatic rings. The molecule has 1 unspecified atom stereocenters. The van der Waals surface area contributed by atoms with Crippen molar-refractivity contribution in [2.45, 2.75) is 38.7 Å². The summed E-state index contributed by atoms with van der Waals surface area (Å²) in [5, 5.41) is 20.7. The lowest BCUT2D eigenvalue weighted by atomic mass is 9.67. The van der Waals surface area contributed by atoms with Crippen LogP contribution in [0.3, 0.4) is 0 Å². The van der Waals surface area contributed by atoms with E-state index in [2.05, 4.69) is 28.9 Å². The molecule has 1 atom stereocenters. The number of nitrogens with zero attached hydrogens (tertiary/aromatic N) is 1. The third kappa shape index (κ3) is 2.97. The van der Waals surface area contributed by atoms with E-state index in [1.165, 1.54) is 0 Å². The topological polar surface area (TPSA) is 44.0 Å². The first-order valence-electron chi connectivity index (χ1n) is 6.53. The van der Waals surface area contributed by atoms with Crippen LogP contribution in [0, 0.1) is 22.7 Å². The maximum Gasteiger partial charge on any atom is 0.0990 e. The normalized spacial score (nSPS) is 28.7. The van der Waals surface area contributed by atoms with Crippen molar-refractivity contribution in [3.05, 3.63) is 33.3 Å². The van der Waals surface area contributed by atoms with Crippen molar-refractivity contribution >= 4 is 27.5 Å². The molecule has 102 valence electrons. The molecule has 0 bridgehead atoms. The lowest BCUT2D eigenvalue weighted by Gasteiger charge is -2.37. The van der Waals surface area contributed by atoms with Gasteiger partial charge in [-0.05, 0) is 43.7 Å². The second-order valence-corrected chi connectivity index (χ2v) is 6.84. The Morgan fingerprint density at radius 1 is 1.47 bits per heavy atom. The van der Waals surface area contributed by atoms with Crippen molar-refractivity contribution in [3.8, 4) is 6.07 Å². The highest BCUT2D eigenvalue weighted by atomic mass is 79.9. The van der Waals surface area contributed by atoms with Crippen molar-refractivity contribution in [2.24, 2.45) is 11.3 Å². The second kappa shape index (κ2) is 5.83. The molecule has 0 aromatic heterocycles. The second-order valence-electron chi connectivity index (χ2n) is 5.52. The summed E-state index contributed by atoms with van der Waals surface area (Å²) in [6.07, 6.45) is 2.62.